The fraction of sp³-hybridized carbons (Fsp3) is 0.560. The second-order valence-corrected chi connectivity index (χ2v) is 32.9. The molecule has 0 radical (unpaired) electrons. The topological polar surface area (TPSA) is 182 Å². The molecule has 1 spiro atoms. The lowest BCUT2D eigenvalue weighted by atomic mass is 9.47. The van der Waals surface area contributed by atoms with Crippen LogP contribution in [0.5, 0.6) is 0 Å². The molecule has 5 aliphatic heterocycles. The van der Waals surface area contributed by atoms with E-state index in [0.717, 1.165) is 84.9 Å². The highest BCUT2D eigenvalue weighted by Gasteiger charge is 2.69. The van der Waals surface area contributed by atoms with Gasteiger partial charge in [0.2, 0.25) is 0 Å². The third kappa shape index (κ3) is 17.4. The van der Waals surface area contributed by atoms with Crippen molar-refractivity contribution in [1.82, 2.24) is 0 Å². The fourth-order valence-corrected chi connectivity index (χ4v) is 20.2. The van der Waals surface area contributed by atoms with Crippen molar-refractivity contribution in [3.8, 4) is 0 Å². The summed E-state index contributed by atoms with van der Waals surface area (Å²) in [6.07, 6.45) is -4.57. The lowest BCUT2D eigenvalue weighted by molar-refractivity contribution is -0.396. The highest BCUT2D eigenvalue weighted by Crippen LogP contribution is 2.71. The normalized spacial score (nSPS) is 37.5. The maximum absolute atomic E-state index is 14.5. The molecule has 4 aliphatic carbocycles. The zero-order valence-electron chi connectivity index (χ0n) is 64.5. The molecule has 0 unspecified atom stereocenters. The molecular formula is C91H112O18. The fourth-order valence-electron chi connectivity index (χ4n) is 20.2. The van der Waals surface area contributed by atoms with Gasteiger partial charge in [-0.1, -0.05) is 221 Å². The van der Waals surface area contributed by atoms with E-state index >= 15 is 0 Å². The molecule has 18 heteroatoms. The van der Waals surface area contributed by atoms with Gasteiger partial charge in [0.25, 0.3) is 0 Å². The van der Waals surface area contributed by atoms with E-state index in [1.807, 2.05) is 196 Å². The van der Waals surface area contributed by atoms with Crippen LogP contribution in [0.2, 0.25) is 0 Å². The molecule has 5 saturated heterocycles. The summed E-state index contributed by atoms with van der Waals surface area (Å²) in [4.78, 5) is 27.8. The molecule has 9 aliphatic rings. The van der Waals surface area contributed by atoms with Gasteiger partial charge in [-0.25, -0.2) is 0 Å². The molecule has 26 atom stereocenters. The van der Waals surface area contributed by atoms with E-state index < -0.39 is 116 Å². The predicted molar refractivity (Wildman–Crippen MR) is 406 cm³/mol. The first-order valence-electron chi connectivity index (χ1n) is 40.2. The lowest BCUT2D eigenvalue weighted by Crippen LogP contribution is -2.68. The average molecular weight is 1490 g/mol. The summed E-state index contributed by atoms with van der Waals surface area (Å²) in [5, 5.41) is 0. The molecule has 0 aromatic heterocycles. The average Bonchev–Trinajstić information content (AvgIpc) is 1.56. The Bertz CT molecular complexity index is 3900. The minimum absolute atomic E-state index is 0.0771. The minimum atomic E-state index is -1.40. The highest BCUT2D eigenvalue weighted by atomic mass is 16.8. The maximum atomic E-state index is 14.5. The van der Waals surface area contributed by atoms with Gasteiger partial charge in [-0.15, -0.1) is 0 Å². The lowest BCUT2D eigenvalue weighted by Gasteiger charge is -2.59. The molecule has 6 aromatic carbocycles. The summed E-state index contributed by atoms with van der Waals surface area (Å²) in [7, 11) is 0. The number of hydrogen-bond acceptors (Lipinski definition) is 18. The quantitative estimate of drug-likeness (QED) is 0.0350. The van der Waals surface area contributed by atoms with Crippen LogP contribution in [-0.4, -0.2) is 135 Å². The number of benzene rings is 6. The van der Waals surface area contributed by atoms with Crippen molar-refractivity contribution in [1.29, 1.82) is 0 Å². The van der Waals surface area contributed by atoms with Crippen molar-refractivity contribution >= 4 is 11.9 Å². The first-order chi connectivity index (χ1) is 53.0. The molecule has 5 heterocycles. The van der Waals surface area contributed by atoms with Crippen LogP contribution in [0.25, 0.3) is 0 Å². The van der Waals surface area contributed by atoms with Crippen LogP contribution in [0.15, 0.2) is 194 Å². The Morgan fingerprint density at radius 3 is 1.36 bits per heavy atom. The van der Waals surface area contributed by atoms with E-state index in [4.69, 9.17) is 75.8 Å². The number of allylic oxidation sites excluding steroid dienone is 1. The summed E-state index contributed by atoms with van der Waals surface area (Å²) >= 11 is 0. The SMILES string of the molecule is CC(=O)OC[C@H]1O[C@@H](O[C@H]2CC[C@@]3(C)C(=CC[C@H]4[C@@H]5C[C@@H]6O[C@]7(CC[C@@H](C)CO7)[C@@H](C)[C@@H]6[C@@]5(C)CC[C@@H]43)C2)[C@H](O[C@@H]2O[C@@H](C)[C@H](OCc3ccccc3)[C@@H](OCc3ccccc3)[C@H]2OCc2ccccc2)[C@@H](OC(C)=O)[C@@H]1O[C@@H]1O[C@@H](C)[C@H](OCc2ccccc2)[C@@H](OCc2ccccc2)[C@H]1OCc1ccccc1. The van der Waals surface area contributed by atoms with Crippen molar-refractivity contribution in [2.45, 2.75) is 263 Å². The Hall–Kier alpha value is -6.56. The monoisotopic (exact) mass is 1490 g/mol. The zero-order valence-corrected chi connectivity index (χ0v) is 64.5. The van der Waals surface area contributed by atoms with Gasteiger partial charge in [0, 0.05) is 26.2 Å². The van der Waals surface area contributed by atoms with Crippen LogP contribution in [0.1, 0.15) is 147 Å². The number of esters is 2. The molecule has 3 saturated carbocycles. The maximum Gasteiger partial charge on any atom is 0.303 e. The van der Waals surface area contributed by atoms with Gasteiger partial charge in [0.05, 0.1) is 70.7 Å². The van der Waals surface area contributed by atoms with Crippen molar-refractivity contribution in [3.63, 3.8) is 0 Å². The van der Waals surface area contributed by atoms with E-state index in [9.17, 15) is 9.59 Å². The minimum Gasteiger partial charge on any atom is -0.463 e. The van der Waals surface area contributed by atoms with E-state index in [2.05, 4.69) is 33.8 Å². The Balaban J connectivity index is 0.789. The smallest absolute Gasteiger partial charge is 0.303 e. The molecule has 18 nitrogen and oxygen atoms in total. The van der Waals surface area contributed by atoms with Crippen LogP contribution in [0.3, 0.4) is 0 Å². The third-order valence-electron chi connectivity index (χ3n) is 25.7. The Kier molecular flexibility index (Phi) is 24.8. The predicted octanol–water partition coefficient (Wildman–Crippen LogP) is 15.7. The molecule has 6 aromatic rings. The van der Waals surface area contributed by atoms with Gasteiger partial charge in [-0.05, 0) is 139 Å². The summed E-state index contributed by atoms with van der Waals surface area (Å²) < 4.78 is 114. The molecule has 8 fully saturated rings. The first kappa shape index (κ1) is 77.7. The largest absolute Gasteiger partial charge is 0.463 e. The van der Waals surface area contributed by atoms with Crippen LogP contribution in [-0.2, 0) is 125 Å². The zero-order chi connectivity index (χ0) is 75.2. The summed E-state index contributed by atoms with van der Waals surface area (Å²) in [5.41, 5.74) is 7.06. The summed E-state index contributed by atoms with van der Waals surface area (Å²) in [5.74, 6) is 1.21. The van der Waals surface area contributed by atoms with Gasteiger partial charge in [-0.2, -0.15) is 0 Å². The van der Waals surface area contributed by atoms with Crippen LogP contribution in [0.4, 0.5) is 0 Å². The van der Waals surface area contributed by atoms with Gasteiger partial charge < -0.3 is 75.8 Å². The third-order valence-corrected chi connectivity index (χ3v) is 25.7. The molecule has 109 heavy (non-hydrogen) atoms. The highest BCUT2D eigenvalue weighted by molar-refractivity contribution is 5.66. The van der Waals surface area contributed by atoms with Crippen LogP contribution < -0.4 is 0 Å². The molecular weight excluding hydrogens is 1380 g/mol. The van der Waals surface area contributed by atoms with Crippen molar-refractivity contribution in [2.75, 3.05) is 13.2 Å². The van der Waals surface area contributed by atoms with E-state index in [0.29, 0.717) is 48.3 Å². The first-order valence-corrected chi connectivity index (χ1v) is 40.2. The number of rotatable bonds is 27. The Morgan fingerprint density at radius 2 is 0.908 bits per heavy atom. The molecule has 0 bridgehead atoms. The second-order valence-electron chi connectivity index (χ2n) is 32.9. The number of ether oxygens (including phenoxy) is 16. The summed E-state index contributed by atoms with van der Waals surface area (Å²) in [6.45, 7) is 18.0. The Labute approximate surface area is 643 Å². The van der Waals surface area contributed by atoms with Crippen molar-refractivity contribution in [2.24, 2.45) is 46.3 Å². The van der Waals surface area contributed by atoms with Crippen LogP contribution in [0, 0.1) is 46.3 Å². The number of carbonyl (C=O) groups is 2. The molecule has 0 N–H and O–H groups in total. The van der Waals surface area contributed by atoms with Crippen molar-refractivity contribution in [3.05, 3.63) is 227 Å². The van der Waals surface area contributed by atoms with E-state index in [-0.39, 0.29) is 63.2 Å². The van der Waals surface area contributed by atoms with Crippen LogP contribution >= 0.6 is 0 Å². The standard InChI is InChI=1S/C91H112O18/c1-57-41-46-91(101-49-57)58(2)76-74(109-91)48-73-71-40-39-69-47-70(42-44-89(69,7)72(71)43-45-90(73,76)8)105-88-85(108-87-84(100-55-68-37-25-14-26-38-68)81(98-53-66-33-21-12-22-34-66)78(60(4)103-87)96-51-64-29-17-10-18-30-64)82(104-62(6)93)79(75(106-88)56-94-61(5)92)107-86-83(99-54-67-35-23-13-24-36-67)80(97-52-65-31-19-11-20-32-65)77(59(3)102-86)95-50-63-27-15-9-16-28-63/h9-39,57-60,70-88H,40-56H2,1-8H3/t57-,58+,59+,60+,70+,71-,72+,73+,74+,75-,76+,77+,78+,79-,80-,81-,82+,83-,84-,85-,86+,87+,88-,89+,90+,91-/m1/s1. The van der Waals surface area contributed by atoms with E-state index in [1.165, 1.54) is 19.4 Å². The second kappa shape index (κ2) is 34.8. The van der Waals surface area contributed by atoms with Crippen molar-refractivity contribution < 1.29 is 85.4 Å². The van der Waals surface area contributed by atoms with Gasteiger partial charge >= 0.3 is 11.9 Å². The van der Waals surface area contributed by atoms with Gasteiger partial charge in [0.1, 0.15) is 55.4 Å². The molecule has 15 rings (SSSR count). The molecule has 0 amide bonds. The number of hydrogen-bond donors (Lipinski definition) is 0. The molecule has 584 valence electrons. The Morgan fingerprint density at radius 1 is 0.459 bits per heavy atom. The summed E-state index contributed by atoms with van der Waals surface area (Å²) in [6, 6.07) is 59.7. The number of carbonyl (C=O) groups excluding carboxylic acids is 2. The van der Waals surface area contributed by atoms with Gasteiger partial charge in [0.15, 0.2) is 36.9 Å². The number of fused-ring (bicyclic) bond motifs is 7. The van der Waals surface area contributed by atoms with Gasteiger partial charge in [-0.3, -0.25) is 9.59 Å². The van der Waals surface area contributed by atoms with E-state index in [1.54, 1.807) is 0 Å².